The van der Waals surface area contributed by atoms with Crippen molar-refractivity contribution in [3.05, 3.63) is 57.2 Å². The van der Waals surface area contributed by atoms with Crippen molar-refractivity contribution in [2.75, 3.05) is 0 Å². The van der Waals surface area contributed by atoms with Gasteiger partial charge in [-0.2, -0.15) is 0 Å². The number of benzene rings is 2. The van der Waals surface area contributed by atoms with Crippen LogP contribution in [-0.2, 0) is 0 Å². The zero-order valence-electron chi connectivity index (χ0n) is 10.2. The van der Waals surface area contributed by atoms with Crippen LogP contribution in [0, 0.1) is 11.6 Å². The lowest BCUT2D eigenvalue weighted by atomic mass is 10.2. The van der Waals surface area contributed by atoms with Gasteiger partial charge in [-0.05, 0) is 24.3 Å². The second kappa shape index (κ2) is 5.37. The second-order valence-electron chi connectivity index (χ2n) is 4.28. The van der Waals surface area contributed by atoms with E-state index in [-0.39, 0.29) is 21.6 Å². The lowest BCUT2D eigenvalue weighted by molar-refractivity contribution is 0.584. The maximum Gasteiger partial charge on any atom is 0.161 e. The Morgan fingerprint density at radius 1 is 0.810 bits per heavy atom. The average molecular weight is 346 g/mol. The quantitative estimate of drug-likeness (QED) is 0.542. The summed E-state index contributed by atoms with van der Waals surface area (Å²) >= 11 is 18.1. The van der Waals surface area contributed by atoms with Crippen molar-refractivity contribution >= 4 is 45.7 Å². The lowest BCUT2D eigenvalue weighted by Crippen LogP contribution is -1.94. The van der Waals surface area contributed by atoms with E-state index in [1.165, 1.54) is 6.07 Å². The molecule has 0 aliphatic heterocycles. The van der Waals surface area contributed by atoms with E-state index in [1.54, 1.807) is 6.07 Å². The van der Waals surface area contributed by atoms with Crippen LogP contribution in [0.15, 0.2) is 30.3 Å². The molecule has 106 valence electrons. The van der Waals surface area contributed by atoms with Crippen molar-refractivity contribution in [3.63, 3.8) is 0 Å². The van der Waals surface area contributed by atoms with Crippen molar-refractivity contribution in [1.82, 2.24) is 9.97 Å². The van der Waals surface area contributed by atoms with Crippen LogP contribution in [0.2, 0.25) is 15.2 Å². The molecule has 3 aromatic rings. The van der Waals surface area contributed by atoms with Crippen LogP contribution in [0.25, 0.3) is 22.3 Å². The van der Waals surface area contributed by atoms with Gasteiger partial charge in [-0.1, -0.05) is 34.8 Å². The van der Waals surface area contributed by atoms with Crippen LogP contribution in [0.1, 0.15) is 0 Å². The van der Waals surface area contributed by atoms with Crippen LogP contribution < -0.4 is 0 Å². The first-order valence-corrected chi connectivity index (χ1v) is 6.86. The summed E-state index contributed by atoms with van der Waals surface area (Å²) in [5.74, 6) is -1.38. The SMILES string of the molecule is Fc1cc(F)cc(-c2nc(Cl)c3cc(Cl)cc(Cl)c3n2)c1. The van der Waals surface area contributed by atoms with Gasteiger partial charge in [0.05, 0.1) is 10.5 Å². The molecule has 2 aromatic carbocycles. The molecule has 0 N–H and O–H groups in total. The van der Waals surface area contributed by atoms with E-state index in [0.717, 1.165) is 18.2 Å². The second-order valence-corrected chi connectivity index (χ2v) is 5.48. The Balaban J connectivity index is 2.30. The zero-order chi connectivity index (χ0) is 15.1. The standard InChI is InChI=1S/C14H5Cl3F2N2/c15-7-3-10-12(11(16)4-7)20-14(21-13(10)17)6-1-8(18)5-9(19)2-6/h1-5H. The zero-order valence-corrected chi connectivity index (χ0v) is 12.4. The summed E-state index contributed by atoms with van der Waals surface area (Å²) in [5, 5.41) is 1.24. The maximum absolute atomic E-state index is 13.3. The van der Waals surface area contributed by atoms with Crippen molar-refractivity contribution in [2.45, 2.75) is 0 Å². The van der Waals surface area contributed by atoms with E-state index in [0.29, 0.717) is 15.9 Å². The van der Waals surface area contributed by atoms with E-state index < -0.39 is 11.6 Å². The molecule has 0 fully saturated rings. The molecule has 0 aliphatic carbocycles. The predicted octanol–water partition coefficient (Wildman–Crippen LogP) is 5.54. The summed E-state index contributed by atoms with van der Waals surface area (Å²) in [6.07, 6.45) is 0. The van der Waals surface area contributed by atoms with Crippen molar-refractivity contribution < 1.29 is 8.78 Å². The Kier molecular flexibility index (Phi) is 3.69. The highest BCUT2D eigenvalue weighted by molar-refractivity contribution is 6.41. The molecular formula is C14H5Cl3F2N2. The minimum Gasteiger partial charge on any atom is -0.226 e. The molecule has 0 atom stereocenters. The molecular weight excluding hydrogens is 341 g/mol. The third-order valence-corrected chi connectivity index (χ3v) is 3.59. The van der Waals surface area contributed by atoms with Crippen LogP contribution >= 0.6 is 34.8 Å². The first-order chi connectivity index (χ1) is 9.94. The maximum atomic E-state index is 13.3. The fourth-order valence-corrected chi connectivity index (χ4v) is 2.69. The van der Waals surface area contributed by atoms with Crippen molar-refractivity contribution in [2.24, 2.45) is 0 Å². The molecule has 0 amide bonds. The molecule has 0 bridgehead atoms. The van der Waals surface area contributed by atoms with Crippen LogP contribution in [0.5, 0.6) is 0 Å². The number of nitrogens with zero attached hydrogens (tertiary/aromatic N) is 2. The van der Waals surface area contributed by atoms with Crippen LogP contribution in [0.4, 0.5) is 8.78 Å². The van der Waals surface area contributed by atoms with Gasteiger partial charge in [-0.3, -0.25) is 0 Å². The number of rotatable bonds is 1. The average Bonchev–Trinajstić information content (AvgIpc) is 2.38. The molecule has 1 aromatic heterocycles. The Bertz CT molecular complexity index is 848. The fourth-order valence-electron chi connectivity index (χ4n) is 1.93. The molecule has 21 heavy (non-hydrogen) atoms. The van der Waals surface area contributed by atoms with Crippen molar-refractivity contribution in [3.8, 4) is 11.4 Å². The molecule has 0 saturated carbocycles. The Hall–Kier alpha value is -1.49. The fraction of sp³-hybridized carbons (Fsp3) is 0. The van der Waals surface area contributed by atoms with E-state index in [2.05, 4.69) is 9.97 Å². The Morgan fingerprint density at radius 2 is 1.48 bits per heavy atom. The van der Waals surface area contributed by atoms with E-state index in [9.17, 15) is 8.78 Å². The number of fused-ring (bicyclic) bond motifs is 1. The smallest absolute Gasteiger partial charge is 0.161 e. The summed E-state index contributed by atoms with van der Waals surface area (Å²) in [5.41, 5.74) is 0.531. The number of hydrogen-bond donors (Lipinski definition) is 0. The monoisotopic (exact) mass is 344 g/mol. The number of hydrogen-bond acceptors (Lipinski definition) is 2. The molecule has 7 heteroatoms. The molecule has 0 aliphatic rings. The number of halogens is 5. The molecule has 3 rings (SSSR count). The summed E-state index contributed by atoms with van der Waals surface area (Å²) < 4.78 is 26.6. The molecule has 0 saturated heterocycles. The van der Waals surface area contributed by atoms with Gasteiger partial charge in [0, 0.05) is 22.0 Å². The van der Waals surface area contributed by atoms with Gasteiger partial charge in [-0.25, -0.2) is 18.7 Å². The predicted molar refractivity (Wildman–Crippen MR) is 79.9 cm³/mol. The van der Waals surface area contributed by atoms with E-state index in [4.69, 9.17) is 34.8 Å². The largest absolute Gasteiger partial charge is 0.226 e. The molecule has 0 radical (unpaired) electrons. The highest BCUT2D eigenvalue weighted by atomic mass is 35.5. The summed E-state index contributed by atoms with van der Waals surface area (Å²) in [6.45, 7) is 0. The van der Waals surface area contributed by atoms with E-state index >= 15 is 0 Å². The topological polar surface area (TPSA) is 25.8 Å². The van der Waals surface area contributed by atoms with Crippen molar-refractivity contribution in [1.29, 1.82) is 0 Å². The van der Waals surface area contributed by atoms with Gasteiger partial charge >= 0.3 is 0 Å². The van der Waals surface area contributed by atoms with Gasteiger partial charge in [-0.15, -0.1) is 0 Å². The van der Waals surface area contributed by atoms with Gasteiger partial charge in [0.1, 0.15) is 16.8 Å². The minimum atomic E-state index is -0.730. The normalized spacial score (nSPS) is 11.1. The van der Waals surface area contributed by atoms with E-state index in [1.807, 2.05) is 0 Å². The lowest BCUT2D eigenvalue weighted by Gasteiger charge is -2.07. The minimum absolute atomic E-state index is 0.0788. The summed E-state index contributed by atoms with van der Waals surface area (Å²) in [4.78, 5) is 8.25. The molecule has 2 nitrogen and oxygen atoms in total. The summed E-state index contributed by atoms with van der Waals surface area (Å²) in [6, 6.07) is 6.07. The highest BCUT2D eigenvalue weighted by Crippen LogP contribution is 2.32. The van der Waals surface area contributed by atoms with Gasteiger partial charge < -0.3 is 0 Å². The molecule has 0 unspecified atom stereocenters. The summed E-state index contributed by atoms with van der Waals surface area (Å²) in [7, 11) is 0. The third kappa shape index (κ3) is 2.79. The van der Waals surface area contributed by atoms with Gasteiger partial charge in [0.25, 0.3) is 0 Å². The first-order valence-electron chi connectivity index (χ1n) is 5.73. The van der Waals surface area contributed by atoms with Gasteiger partial charge in [0.15, 0.2) is 5.82 Å². The Labute approximate surface area is 133 Å². The molecule has 0 spiro atoms. The van der Waals surface area contributed by atoms with Crippen LogP contribution in [-0.4, -0.2) is 9.97 Å². The highest BCUT2D eigenvalue weighted by Gasteiger charge is 2.13. The Morgan fingerprint density at radius 3 is 2.14 bits per heavy atom. The third-order valence-electron chi connectivity index (χ3n) is 2.79. The van der Waals surface area contributed by atoms with Gasteiger partial charge in [0.2, 0.25) is 0 Å². The van der Waals surface area contributed by atoms with Crippen LogP contribution in [0.3, 0.4) is 0 Å². The molecule has 1 heterocycles. The first kappa shape index (κ1) is 14.4. The number of aromatic nitrogens is 2.